The SMILES string of the molecule is Cc1n[nH]c(C)c1CC(=O)Nc1cccc2c1CCCC2. The van der Waals surface area contributed by atoms with E-state index in [0.29, 0.717) is 6.42 Å². The molecule has 21 heavy (non-hydrogen) atoms. The van der Waals surface area contributed by atoms with Crippen LogP contribution in [0.15, 0.2) is 18.2 Å². The Balaban J connectivity index is 1.76. The van der Waals surface area contributed by atoms with Crippen molar-refractivity contribution in [1.29, 1.82) is 0 Å². The van der Waals surface area contributed by atoms with Gasteiger partial charge in [-0.3, -0.25) is 9.89 Å². The minimum absolute atomic E-state index is 0.0292. The molecule has 110 valence electrons. The normalized spacial score (nSPS) is 13.8. The third-order valence-electron chi connectivity index (χ3n) is 4.29. The number of anilines is 1. The maximum Gasteiger partial charge on any atom is 0.228 e. The van der Waals surface area contributed by atoms with Crippen LogP contribution in [-0.4, -0.2) is 16.1 Å². The second kappa shape index (κ2) is 5.72. The Kier molecular flexibility index (Phi) is 3.78. The summed E-state index contributed by atoms with van der Waals surface area (Å²) in [4.78, 5) is 12.3. The number of benzene rings is 1. The summed E-state index contributed by atoms with van der Waals surface area (Å²) in [5.74, 6) is 0.0292. The number of aryl methyl sites for hydroxylation is 3. The molecule has 2 aromatic rings. The molecule has 0 spiro atoms. The van der Waals surface area contributed by atoms with Gasteiger partial charge in [0.05, 0.1) is 12.1 Å². The minimum atomic E-state index is 0.0292. The lowest BCUT2D eigenvalue weighted by molar-refractivity contribution is -0.115. The summed E-state index contributed by atoms with van der Waals surface area (Å²) < 4.78 is 0. The Morgan fingerprint density at radius 3 is 2.86 bits per heavy atom. The van der Waals surface area contributed by atoms with E-state index in [9.17, 15) is 4.79 Å². The summed E-state index contributed by atoms with van der Waals surface area (Å²) in [5.41, 5.74) is 6.55. The van der Waals surface area contributed by atoms with E-state index in [-0.39, 0.29) is 5.91 Å². The van der Waals surface area contributed by atoms with E-state index in [0.717, 1.165) is 35.5 Å². The summed E-state index contributed by atoms with van der Waals surface area (Å²) >= 11 is 0. The van der Waals surface area contributed by atoms with Gasteiger partial charge in [-0.1, -0.05) is 12.1 Å². The highest BCUT2D eigenvalue weighted by Gasteiger charge is 2.16. The number of rotatable bonds is 3. The van der Waals surface area contributed by atoms with Gasteiger partial charge in [-0.15, -0.1) is 0 Å². The molecule has 0 saturated heterocycles. The quantitative estimate of drug-likeness (QED) is 0.909. The molecule has 0 saturated carbocycles. The molecule has 1 aromatic heterocycles. The van der Waals surface area contributed by atoms with Gasteiger partial charge in [-0.05, 0) is 56.7 Å². The Hall–Kier alpha value is -2.10. The maximum absolute atomic E-state index is 12.3. The third kappa shape index (κ3) is 2.84. The zero-order valence-corrected chi connectivity index (χ0v) is 12.6. The second-order valence-electron chi connectivity index (χ2n) is 5.79. The number of aromatic nitrogens is 2. The molecule has 0 aliphatic heterocycles. The van der Waals surface area contributed by atoms with Crippen molar-refractivity contribution in [1.82, 2.24) is 10.2 Å². The van der Waals surface area contributed by atoms with Crippen LogP contribution in [0.5, 0.6) is 0 Å². The van der Waals surface area contributed by atoms with E-state index in [2.05, 4.69) is 21.6 Å². The lowest BCUT2D eigenvalue weighted by Crippen LogP contribution is -2.17. The summed E-state index contributed by atoms with van der Waals surface area (Å²) in [5, 5.41) is 10.1. The van der Waals surface area contributed by atoms with Crippen molar-refractivity contribution < 1.29 is 4.79 Å². The molecule has 0 unspecified atom stereocenters. The van der Waals surface area contributed by atoms with Gasteiger partial charge in [0.2, 0.25) is 5.91 Å². The van der Waals surface area contributed by atoms with Crippen LogP contribution in [0.1, 0.15) is 40.9 Å². The zero-order chi connectivity index (χ0) is 14.8. The standard InChI is InChI=1S/C17H21N3O/c1-11-15(12(2)20-19-11)10-17(21)18-16-9-5-7-13-6-3-4-8-14(13)16/h5,7,9H,3-4,6,8,10H2,1-2H3,(H,18,21)(H,19,20). The first-order valence-electron chi connectivity index (χ1n) is 7.56. The molecule has 1 aromatic carbocycles. The van der Waals surface area contributed by atoms with Crippen LogP contribution in [0.25, 0.3) is 0 Å². The lowest BCUT2D eigenvalue weighted by Gasteiger charge is -2.19. The Morgan fingerprint density at radius 2 is 2.10 bits per heavy atom. The van der Waals surface area contributed by atoms with Crippen molar-refractivity contribution in [2.75, 3.05) is 5.32 Å². The number of nitrogens with zero attached hydrogens (tertiary/aromatic N) is 1. The average Bonchev–Trinajstić information content (AvgIpc) is 2.79. The Labute approximate surface area is 125 Å². The molecule has 1 aliphatic rings. The molecular formula is C17H21N3O. The van der Waals surface area contributed by atoms with E-state index in [1.165, 1.54) is 24.0 Å². The van der Waals surface area contributed by atoms with Crippen LogP contribution in [0.2, 0.25) is 0 Å². The van der Waals surface area contributed by atoms with Gasteiger partial charge in [0, 0.05) is 16.9 Å². The summed E-state index contributed by atoms with van der Waals surface area (Å²) in [7, 11) is 0. The highest BCUT2D eigenvalue weighted by atomic mass is 16.1. The summed E-state index contributed by atoms with van der Waals surface area (Å²) in [6.45, 7) is 3.88. The fourth-order valence-electron chi connectivity index (χ4n) is 3.09. The number of hydrogen-bond donors (Lipinski definition) is 2. The Bertz CT molecular complexity index is 653. The van der Waals surface area contributed by atoms with E-state index < -0.39 is 0 Å². The van der Waals surface area contributed by atoms with Gasteiger partial charge in [-0.25, -0.2) is 0 Å². The monoisotopic (exact) mass is 283 g/mol. The maximum atomic E-state index is 12.3. The Morgan fingerprint density at radius 1 is 1.29 bits per heavy atom. The summed E-state index contributed by atoms with van der Waals surface area (Å²) in [6.07, 6.45) is 5.02. The molecule has 3 rings (SSSR count). The van der Waals surface area contributed by atoms with Gasteiger partial charge < -0.3 is 5.32 Å². The van der Waals surface area contributed by atoms with Crippen LogP contribution in [0.4, 0.5) is 5.69 Å². The van der Waals surface area contributed by atoms with E-state index >= 15 is 0 Å². The fraction of sp³-hybridized carbons (Fsp3) is 0.412. The molecule has 1 amide bonds. The van der Waals surface area contributed by atoms with Crippen molar-refractivity contribution in [2.45, 2.75) is 46.0 Å². The van der Waals surface area contributed by atoms with Crippen LogP contribution in [0, 0.1) is 13.8 Å². The van der Waals surface area contributed by atoms with Crippen LogP contribution >= 0.6 is 0 Å². The van der Waals surface area contributed by atoms with E-state index in [4.69, 9.17) is 0 Å². The second-order valence-corrected chi connectivity index (χ2v) is 5.79. The van der Waals surface area contributed by atoms with E-state index in [1.54, 1.807) is 0 Å². The largest absolute Gasteiger partial charge is 0.326 e. The van der Waals surface area contributed by atoms with Crippen molar-refractivity contribution in [3.05, 3.63) is 46.3 Å². The number of H-pyrrole nitrogens is 1. The van der Waals surface area contributed by atoms with Gasteiger partial charge >= 0.3 is 0 Å². The number of amides is 1. The molecule has 4 nitrogen and oxygen atoms in total. The van der Waals surface area contributed by atoms with Gasteiger partial charge in [0.25, 0.3) is 0 Å². The topological polar surface area (TPSA) is 57.8 Å². The zero-order valence-electron chi connectivity index (χ0n) is 12.6. The van der Waals surface area contributed by atoms with Crippen LogP contribution < -0.4 is 5.32 Å². The van der Waals surface area contributed by atoms with Gasteiger partial charge in [-0.2, -0.15) is 5.10 Å². The smallest absolute Gasteiger partial charge is 0.228 e. The number of hydrogen-bond acceptors (Lipinski definition) is 2. The molecule has 0 radical (unpaired) electrons. The number of carbonyl (C=O) groups excluding carboxylic acids is 1. The fourth-order valence-corrected chi connectivity index (χ4v) is 3.09. The first kappa shape index (κ1) is 13.9. The van der Waals surface area contributed by atoms with Crippen molar-refractivity contribution in [2.24, 2.45) is 0 Å². The average molecular weight is 283 g/mol. The molecule has 0 bridgehead atoms. The van der Waals surface area contributed by atoms with Crippen molar-refractivity contribution in [3.8, 4) is 0 Å². The molecular weight excluding hydrogens is 262 g/mol. The predicted molar refractivity (Wildman–Crippen MR) is 83.5 cm³/mol. The highest BCUT2D eigenvalue weighted by molar-refractivity contribution is 5.93. The number of aromatic amines is 1. The first-order valence-corrected chi connectivity index (χ1v) is 7.56. The molecule has 0 atom stereocenters. The van der Waals surface area contributed by atoms with Crippen LogP contribution in [-0.2, 0) is 24.1 Å². The van der Waals surface area contributed by atoms with Crippen molar-refractivity contribution in [3.63, 3.8) is 0 Å². The summed E-state index contributed by atoms with van der Waals surface area (Å²) in [6, 6.07) is 6.22. The highest BCUT2D eigenvalue weighted by Crippen LogP contribution is 2.28. The minimum Gasteiger partial charge on any atom is -0.326 e. The first-order chi connectivity index (χ1) is 10.1. The molecule has 4 heteroatoms. The number of carbonyl (C=O) groups is 1. The predicted octanol–water partition coefficient (Wildman–Crippen LogP) is 3.09. The molecule has 0 fully saturated rings. The number of nitrogens with one attached hydrogen (secondary N) is 2. The van der Waals surface area contributed by atoms with Crippen molar-refractivity contribution >= 4 is 11.6 Å². The van der Waals surface area contributed by atoms with Gasteiger partial charge in [0.1, 0.15) is 0 Å². The molecule has 1 heterocycles. The number of fused-ring (bicyclic) bond motifs is 1. The van der Waals surface area contributed by atoms with Crippen LogP contribution in [0.3, 0.4) is 0 Å². The van der Waals surface area contributed by atoms with Gasteiger partial charge in [0.15, 0.2) is 0 Å². The molecule has 1 aliphatic carbocycles. The third-order valence-corrected chi connectivity index (χ3v) is 4.29. The molecule has 2 N–H and O–H groups in total. The van der Waals surface area contributed by atoms with E-state index in [1.807, 2.05) is 26.0 Å². The lowest BCUT2D eigenvalue weighted by atomic mass is 9.90.